The number of hydrogen-bond acceptors (Lipinski definition) is 2. The van der Waals surface area contributed by atoms with Crippen LogP contribution in [-0.2, 0) is 22.7 Å². The highest BCUT2D eigenvalue weighted by molar-refractivity contribution is 5.53. The van der Waals surface area contributed by atoms with Gasteiger partial charge in [-0.3, -0.25) is 4.98 Å². The number of hydrogen-bond donors (Lipinski definition) is 1. The first-order valence-electron chi connectivity index (χ1n) is 11.3. The Morgan fingerprint density at radius 3 is 2.13 bits per heavy atom. The van der Waals surface area contributed by atoms with Crippen molar-refractivity contribution >= 4 is 0 Å². The molecule has 1 N–H and O–H groups in total. The van der Waals surface area contributed by atoms with Crippen LogP contribution in [0, 0.1) is 6.92 Å². The lowest BCUT2D eigenvalue weighted by Crippen LogP contribution is -2.34. The third kappa shape index (κ3) is 3.10. The van der Waals surface area contributed by atoms with Gasteiger partial charge >= 0.3 is 0 Å². The molecule has 30 heavy (non-hydrogen) atoms. The Hall–Kier alpha value is -2.42. The van der Waals surface area contributed by atoms with E-state index in [4.69, 9.17) is 4.98 Å². The Labute approximate surface area is 180 Å². The molecule has 1 saturated carbocycles. The average Bonchev–Trinajstić information content (AvgIpc) is 3.35. The lowest BCUT2D eigenvalue weighted by Gasteiger charge is -2.43. The van der Waals surface area contributed by atoms with Gasteiger partial charge in [0.2, 0.25) is 0 Å². The molecule has 0 radical (unpaired) electrons. The number of imidazole rings is 1. The Balaban J connectivity index is 1.52. The van der Waals surface area contributed by atoms with Crippen LogP contribution in [0.4, 0.5) is 0 Å². The first kappa shape index (κ1) is 19.5. The molecule has 0 unspecified atom stereocenters. The highest BCUT2D eigenvalue weighted by atomic mass is 14.9. The average molecular weight is 400 g/mol. The van der Waals surface area contributed by atoms with Gasteiger partial charge < -0.3 is 4.98 Å². The Morgan fingerprint density at radius 2 is 1.57 bits per heavy atom. The van der Waals surface area contributed by atoms with Crippen LogP contribution >= 0.6 is 0 Å². The van der Waals surface area contributed by atoms with Crippen molar-refractivity contribution in [3.05, 3.63) is 82.2 Å². The first-order chi connectivity index (χ1) is 14.2. The zero-order valence-electron chi connectivity index (χ0n) is 19.0. The number of aromatic amines is 1. The molecular weight excluding hydrogens is 366 g/mol. The van der Waals surface area contributed by atoms with Gasteiger partial charge in [-0.2, -0.15) is 0 Å². The van der Waals surface area contributed by atoms with Crippen molar-refractivity contribution in [3.63, 3.8) is 0 Å². The van der Waals surface area contributed by atoms with E-state index in [1.807, 2.05) is 12.4 Å². The molecule has 1 fully saturated rings. The van der Waals surface area contributed by atoms with Gasteiger partial charge in [0.1, 0.15) is 5.82 Å². The van der Waals surface area contributed by atoms with Crippen molar-refractivity contribution < 1.29 is 0 Å². The van der Waals surface area contributed by atoms with E-state index in [9.17, 15) is 0 Å². The lowest BCUT2D eigenvalue weighted by molar-refractivity contribution is 0.331. The summed E-state index contributed by atoms with van der Waals surface area (Å²) in [5.41, 5.74) is 9.06. The van der Waals surface area contributed by atoms with E-state index in [2.05, 4.69) is 68.9 Å². The van der Waals surface area contributed by atoms with E-state index in [1.165, 1.54) is 48.1 Å². The van der Waals surface area contributed by atoms with Crippen LogP contribution in [0.3, 0.4) is 0 Å². The highest BCUT2D eigenvalue weighted by Gasteiger charge is 2.49. The van der Waals surface area contributed by atoms with Gasteiger partial charge in [-0.05, 0) is 77.3 Å². The second-order valence-electron chi connectivity index (χ2n) is 10.8. The molecule has 0 spiro atoms. The summed E-state index contributed by atoms with van der Waals surface area (Å²) in [4.78, 5) is 12.5. The molecule has 3 heteroatoms. The number of rotatable bonds is 4. The minimum absolute atomic E-state index is 0.0972. The second-order valence-corrected chi connectivity index (χ2v) is 10.8. The fraction of sp³-hybridized carbons (Fsp3) is 0.481. The maximum Gasteiger partial charge on any atom is 0.110 e. The molecule has 3 aromatic rings. The Morgan fingerprint density at radius 1 is 0.867 bits per heavy atom. The SMILES string of the molecule is Cc1cc2c(cc1C1(c3ccc(Cc4ncc[nH]4)cn3)CC1)C(C)(C)CCC2(C)C. The molecule has 0 amide bonds. The predicted molar refractivity (Wildman–Crippen MR) is 122 cm³/mol. The molecule has 2 heterocycles. The summed E-state index contributed by atoms with van der Waals surface area (Å²) < 4.78 is 0. The number of nitrogens with zero attached hydrogens (tertiary/aromatic N) is 2. The number of pyridine rings is 1. The molecule has 0 saturated heterocycles. The summed E-state index contributed by atoms with van der Waals surface area (Å²) in [5, 5.41) is 0. The highest BCUT2D eigenvalue weighted by Crippen LogP contribution is 2.56. The van der Waals surface area contributed by atoms with Gasteiger partial charge in [-0.1, -0.05) is 45.9 Å². The van der Waals surface area contributed by atoms with E-state index in [0.29, 0.717) is 0 Å². The number of fused-ring (bicyclic) bond motifs is 1. The van der Waals surface area contributed by atoms with Gasteiger partial charge in [0.05, 0.1) is 5.69 Å². The topological polar surface area (TPSA) is 41.6 Å². The molecule has 0 bridgehead atoms. The van der Waals surface area contributed by atoms with E-state index in [1.54, 1.807) is 17.3 Å². The van der Waals surface area contributed by atoms with E-state index >= 15 is 0 Å². The predicted octanol–water partition coefficient (Wildman–Crippen LogP) is 6.13. The van der Waals surface area contributed by atoms with Gasteiger partial charge in [0.15, 0.2) is 0 Å². The van der Waals surface area contributed by atoms with Crippen LogP contribution in [0.25, 0.3) is 0 Å². The van der Waals surface area contributed by atoms with Crippen LogP contribution in [0.2, 0.25) is 0 Å². The number of benzene rings is 1. The van der Waals surface area contributed by atoms with Crippen LogP contribution in [-0.4, -0.2) is 15.0 Å². The smallest absolute Gasteiger partial charge is 0.110 e. The van der Waals surface area contributed by atoms with Crippen molar-refractivity contribution in [2.24, 2.45) is 0 Å². The van der Waals surface area contributed by atoms with Crippen molar-refractivity contribution in [1.29, 1.82) is 0 Å². The molecule has 1 aromatic carbocycles. The lowest BCUT2D eigenvalue weighted by atomic mass is 9.62. The third-order valence-electron chi connectivity index (χ3n) is 7.70. The normalized spacial score (nSPS) is 20.6. The molecular formula is C27H33N3. The summed E-state index contributed by atoms with van der Waals surface area (Å²) >= 11 is 0. The van der Waals surface area contributed by atoms with E-state index < -0.39 is 0 Å². The quantitative estimate of drug-likeness (QED) is 0.573. The number of nitrogens with one attached hydrogen (secondary N) is 1. The molecule has 3 nitrogen and oxygen atoms in total. The fourth-order valence-electron chi connectivity index (χ4n) is 5.43. The van der Waals surface area contributed by atoms with E-state index in [0.717, 1.165) is 12.2 Å². The molecule has 2 aliphatic rings. The summed E-state index contributed by atoms with van der Waals surface area (Å²) in [5.74, 6) is 0.987. The third-order valence-corrected chi connectivity index (χ3v) is 7.70. The number of aromatic nitrogens is 3. The monoisotopic (exact) mass is 399 g/mol. The van der Waals surface area contributed by atoms with Crippen molar-refractivity contribution in [2.45, 2.75) is 83.0 Å². The zero-order chi connectivity index (χ0) is 21.1. The first-order valence-corrected chi connectivity index (χ1v) is 11.3. The zero-order valence-corrected chi connectivity index (χ0v) is 19.0. The fourth-order valence-corrected chi connectivity index (χ4v) is 5.43. The largest absolute Gasteiger partial charge is 0.348 e. The van der Waals surface area contributed by atoms with Crippen LogP contribution in [0.1, 0.15) is 92.7 Å². The van der Waals surface area contributed by atoms with Gasteiger partial charge in [0.25, 0.3) is 0 Å². The van der Waals surface area contributed by atoms with Crippen LogP contribution < -0.4 is 0 Å². The molecule has 2 aromatic heterocycles. The second kappa shape index (κ2) is 6.54. The molecule has 5 rings (SSSR count). The summed E-state index contributed by atoms with van der Waals surface area (Å²) in [6, 6.07) is 9.53. The number of H-pyrrole nitrogens is 1. The summed E-state index contributed by atoms with van der Waals surface area (Å²) in [6.07, 6.45) is 11.4. The van der Waals surface area contributed by atoms with Crippen molar-refractivity contribution in [2.75, 3.05) is 0 Å². The minimum Gasteiger partial charge on any atom is -0.348 e. The molecule has 0 atom stereocenters. The Kier molecular flexibility index (Phi) is 4.26. The molecule has 156 valence electrons. The molecule has 0 aliphatic heterocycles. The summed E-state index contributed by atoms with van der Waals surface area (Å²) in [7, 11) is 0. The number of aryl methyl sites for hydroxylation is 1. The Bertz CT molecular complexity index is 1070. The minimum atomic E-state index is 0.0972. The van der Waals surface area contributed by atoms with Gasteiger partial charge in [-0.15, -0.1) is 0 Å². The van der Waals surface area contributed by atoms with Crippen LogP contribution in [0.5, 0.6) is 0 Å². The van der Waals surface area contributed by atoms with Crippen molar-refractivity contribution in [3.8, 4) is 0 Å². The van der Waals surface area contributed by atoms with Crippen molar-refractivity contribution in [1.82, 2.24) is 15.0 Å². The van der Waals surface area contributed by atoms with Crippen LogP contribution in [0.15, 0.2) is 42.9 Å². The maximum atomic E-state index is 4.95. The standard InChI is InChI=1S/C27H33N3/c1-18-14-21-22(26(4,5)9-8-25(21,2)3)16-20(18)27(10-11-27)23-7-6-19(17-30-23)15-24-28-12-13-29-24/h6-7,12-14,16-17H,8-11,15H2,1-5H3,(H,28,29). The van der Waals surface area contributed by atoms with Gasteiger partial charge in [-0.25, -0.2) is 4.98 Å². The van der Waals surface area contributed by atoms with Gasteiger partial charge in [0, 0.05) is 30.4 Å². The summed E-state index contributed by atoms with van der Waals surface area (Å²) in [6.45, 7) is 12.0. The molecule has 2 aliphatic carbocycles. The maximum absolute atomic E-state index is 4.95. The van der Waals surface area contributed by atoms with E-state index in [-0.39, 0.29) is 16.2 Å².